The molecule has 2 atom stereocenters. The third-order valence-electron chi connectivity index (χ3n) is 5.13. The van der Waals surface area contributed by atoms with Gasteiger partial charge in [0, 0.05) is 23.9 Å². The highest BCUT2D eigenvalue weighted by atomic mass is 16.5. The second kappa shape index (κ2) is 7.11. The zero-order valence-electron chi connectivity index (χ0n) is 15.7. The van der Waals surface area contributed by atoms with Crippen molar-refractivity contribution in [3.63, 3.8) is 0 Å². The number of furan rings is 1. The number of benzene rings is 2. The van der Waals surface area contributed by atoms with Crippen LogP contribution < -0.4 is 5.32 Å². The van der Waals surface area contributed by atoms with E-state index in [4.69, 9.17) is 9.15 Å². The Morgan fingerprint density at radius 3 is 2.61 bits per heavy atom. The van der Waals surface area contributed by atoms with Gasteiger partial charge in [-0.05, 0) is 36.2 Å². The molecule has 28 heavy (non-hydrogen) atoms. The van der Waals surface area contributed by atoms with E-state index in [2.05, 4.69) is 5.32 Å². The van der Waals surface area contributed by atoms with Crippen molar-refractivity contribution >= 4 is 23.7 Å². The molecule has 2 aromatic carbocycles. The van der Waals surface area contributed by atoms with E-state index in [1.165, 1.54) is 7.11 Å². The molecule has 0 saturated heterocycles. The minimum Gasteiger partial charge on any atom is -0.469 e. The van der Waals surface area contributed by atoms with Gasteiger partial charge in [-0.1, -0.05) is 48.6 Å². The van der Waals surface area contributed by atoms with Gasteiger partial charge in [0.2, 0.25) is 0 Å². The van der Waals surface area contributed by atoms with Crippen LogP contribution in [0.1, 0.15) is 28.0 Å². The predicted molar refractivity (Wildman–Crippen MR) is 108 cm³/mol. The number of ether oxygens (including phenoxy) is 1. The van der Waals surface area contributed by atoms with Gasteiger partial charge in [-0.15, -0.1) is 0 Å². The monoisotopic (exact) mass is 375 g/mol. The van der Waals surface area contributed by atoms with Gasteiger partial charge in [0.25, 0.3) is 5.91 Å². The molecule has 1 aliphatic rings. The predicted octanol–water partition coefficient (Wildman–Crippen LogP) is 3.96. The van der Waals surface area contributed by atoms with E-state index in [9.17, 15) is 9.90 Å². The Bertz CT molecular complexity index is 1040. The van der Waals surface area contributed by atoms with Crippen LogP contribution in [0.4, 0.5) is 5.69 Å². The molecule has 0 fully saturated rings. The fourth-order valence-electron chi connectivity index (χ4n) is 3.65. The summed E-state index contributed by atoms with van der Waals surface area (Å²) in [4.78, 5) is 12.6. The lowest BCUT2D eigenvalue weighted by Crippen LogP contribution is -2.52. The van der Waals surface area contributed by atoms with Crippen molar-refractivity contribution in [1.82, 2.24) is 0 Å². The number of aliphatic hydroxyl groups is 1. The number of hydrogen-bond acceptors (Lipinski definition) is 4. The molecule has 2 N–H and O–H groups in total. The Labute approximate surface area is 163 Å². The molecule has 4 rings (SSSR count). The Hall–Kier alpha value is -3.15. The molecule has 0 bridgehead atoms. The van der Waals surface area contributed by atoms with Crippen LogP contribution in [0.2, 0.25) is 0 Å². The van der Waals surface area contributed by atoms with Crippen LogP contribution in [0, 0.1) is 6.92 Å². The molecule has 1 aromatic heterocycles. The van der Waals surface area contributed by atoms with Gasteiger partial charge in [0.15, 0.2) is 11.7 Å². The van der Waals surface area contributed by atoms with Crippen LogP contribution in [0.3, 0.4) is 0 Å². The van der Waals surface area contributed by atoms with Crippen molar-refractivity contribution in [2.45, 2.75) is 18.6 Å². The van der Waals surface area contributed by atoms with Crippen molar-refractivity contribution in [2.75, 3.05) is 12.4 Å². The molecule has 2 heterocycles. The molecule has 0 aliphatic carbocycles. The summed E-state index contributed by atoms with van der Waals surface area (Å²) in [5, 5.41) is 14.5. The average molecular weight is 375 g/mol. The summed E-state index contributed by atoms with van der Waals surface area (Å²) >= 11 is 0. The van der Waals surface area contributed by atoms with E-state index in [-0.39, 0.29) is 5.91 Å². The largest absolute Gasteiger partial charge is 0.469 e. The Balaban J connectivity index is 1.83. The highest BCUT2D eigenvalue weighted by molar-refractivity contribution is 6.00. The first-order chi connectivity index (χ1) is 13.5. The number of aryl methyl sites for hydroxylation is 1. The number of fused-ring (bicyclic) bond motifs is 1. The quantitative estimate of drug-likeness (QED) is 0.724. The zero-order chi connectivity index (χ0) is 19.7. The SMILES string of the molecule is COC1C(=O)Nc2ccc(/C=C/c3ccoc3C)cc2C1(O)c1ccccc1. The van der Waals surface area contributed by atoms with E-state index in [1.54, 1.807) is 24.5 Å². The van der Waals surface area contributed by atoms with Crippen LogP contribution in [-0.4, -0.2) is 24.2 Å². The summed E-state index contributed by atoms with van der Waals surface area (Å²) in [5.41, 5.74) is 2.05. The van der Waals surface area contributed by atoms with Crippen LogP contribution >= 0.6 is 0 Å². The second-order valence-electron chi connectivity index (χ2n) is 6.81. The summed E-state index contributed by atoms with van der Waals surface area (Å²) in [6, 6.07) is 16.6. The molecular weight excluding hydrogens is 354 g/mol. The third kappa shape index (κ3) is 2.95. The van der Waals surface area contributed by atoms with E-state index < -0.39 is 11.7 Å². The number of anilines is 1. The Morgan fingerprint density at radius 2 is 1.93 bits per heavy atom. The van der Waals surface area contributed by atoms with Gasteiger partial charge < -0.3 is 19.6 Å². The molecule has 142 valence electrons. The summed E-state index contributed by atoms with van der Waals surface area (Å²) in [6.07, 6.45) is 4.49. The normalized spacial score (nSPS) is 21.5. The van der Waals surface area contributed by atoms with E-state index >= 15 is 0 Å². The van der Waals surface area contributed by atoms with Crippen molar-refractivity contribution in [3.8, 4) is 0 Å². The maximum absolute atomic E-state index is 12.6. The highest BCUT2D eigenvalue weighted by Gasteiger charge is 2.49. The lowest BCUT2D eigenvalue weighted by molar-refractivity contribution is -0.142. The van der Waals surface area contributed by atoms with Gasteiger partial charge in [0.05, 0.1) is 6.26 Å². The molecule has 1 amide bonds. The molecule has 5 heteroatoms. The minimum atomic E-state index is -1.59. The van der Waals surface area contributed by atoms with Gasteiger partial charge in [-0.2, -0.15) is 0 Å². The second-order valence-corrected chi connectivity index (χ2v) is 6.81. The topological polar surface area (TPSA) is 71.7 Å². The van der Waals surface area contributed by atoms with Crippen LogP contribution in [0.15, 0.2) is 65.3 Å². The van der Waals surface area contributed by atoms with Gasteiger partial charge in [-0.25, -0.2) is 0 Å². The standard InChI is InChI=1S/C23H21NO4/c1-15-17(12-13-28-15)10-8-16-9-11-20-19(14-16)23(26,18-6-4-3-5-7-18)21(27-2)22(25)24-20/h3-14,21,26H,1-2H3,(H,24,25)/b10-8+. The maximum atomic E-state index is 12.6. The van der Waals surface area contributed by atoms with Crippen molar-refractivity contribution in [2.24, 2.45) is 0 Å². The fourth-order valence-corrected chi connectivity index (χ4v) is 3.65. The summed E-state index contributed by atoms with van der Waals surface area (Å²) in [7, 11) is 1.43. The number of hydrogen-bond donors (Lipinski definition) is 2. The van der Waals surface area contributed by atoms with Crippen LogP contribution in [0.5, 0.6) is 0 Å². The third-order valence-corrected chi connectivity index (χ3v) is 5.13. The number of nitrogens with one attached hydrogen (secondary N) is 1. The van der Waals surface area contributed by atoms with Gasteiger partial charge >= 0.3 is 0 Å². The molecule has 0 saturated carbocycles. The average Bonchev–Trinajstić information content (AvgIpc) is 3.12. The first-order valence-electron chi connectivity index (χ1n) is 9.02. The Kier molecular flexibility index (Phi) is 4.63. The number of methoxy groups -OCH3 is 1. The van der Waals surface area contributed by atoms with Crippen molar-refractivity contribution in [3.05, 3.63) is 88.9 Å². The molecule has 1 aliphatic heterocycles. The number of carbonyl (C=O) groups excluding carboxylic acids is 1. The lowest BCUT2D eigenvalue weighted by atomic mass is 9.77. The summed E-state index contributed by atoms with van der Waals surface area (Å²) in [6.45, 7) is 1.90. The molecular formula is C23H21NO4. The fraction of sp³-hybridized carbons (Fsp3) is 0.174. The van der Waals surface area contributed by atoms with Gasteiger partial charge in [0.1, 0.15) is 5.76 Å². The zero-order valence-corrected chi connectivity index (χ0v) is 15.7. The molecule has 2 unspecified atom stereocenters. The Morgan fingerprint density at radius 1 is 1.14 bits per heavy atom. The molecule has 3 aromatic rings. The van der Waals surface area contributed by atoms with Crippen LogP contribution in [0.25, 0.3) is 12.2 Å². The van der Waals surface area contributed by atoms with Crippen molar-refractivity contribution < 1.29 is 19.1 Å². The molecule has 0 spiro atoms. The van der Waals surface area contributed by atoms with E-state index in [0.29, 0.717) is 16.8 Å². The van der Waals surface area contributed by atoms with Crippen LogP contribution in [-0.2, 0) is 15.1 Å². The first-order valence-corrected chi connectivity index (χ1v) is 9.02. The summed E-state index contributed by atoms with van der Waals surface area (Å²) < 4.78 is 10.7. The van der Waals surface area contributed by atoms with Crippen molar-refractivity contribution in [1.29, 1.82) is 0 Å². The number of carbonyl (C=O) groups is 1. The molecule has 5 nitrogen and oxygen atoms in total. The van der Waals surface area contributed by atoms with E-state index in [0.717, 1.165) is 16.9 Å². The number of rotatable bonds is 4. The summed E-state index contributed by atoms with van der Waals surface area (Å²) in [5.74, 6) is 0.459. The van der Waals surface area contributed by atoms with E-state index in [1.807, 2.05) is 55.5 Å². The highest BCUT2D eigenvalue weighted by Crippen LogP contribution is 2.42. The minimum absolute atomic E-state index is 0.376. The van der Waals surface area contributed by atoms with Gasteiger partial charge in [-0.3, -0.25) is 4.79 Å². The smallest absolute Gasteiger partial charge is 0.257 e. The lowest BCUT2D eigenvalue weighted by Gasteiger charge is -2.40. The first kappa shape index (κ1) is 18.2. The molecule has 0 radical (unpaired) electrons. The number of amides is 1. The maximum Gasteiger partial charge on any atom is 0.257 e.